The molecule has 36 heavy (non-hydrogen) atoms. The second-order valence-electron chi connectivity index (χ2n) is 9.39. The molecule has 1 aliphatic heterocycles. The monoisotopic (exact) mass is 491 g/mol. The van der Waals surface area contributed by atoms with Crippen LogP contribution in [-0.2, 0) is 36.8 Å². The molecule has 0 fully saturated rings. The maximum Gasteiger partial charge on any atom is 0.416 e. The Balaban J connectivity index is 1.24. The standard InChI is InChI=1S/C27H24F3N5O/c28-27(29,30)19-6-3-4-16(12-19)14-31-26(36)18-8-9-21-20(13-18)23-24(34-21)32-15-33-25(23)35-11-10-17-5-1-2-7-22(17)35/h1-7,12,15,18H,8-11,13-14H2,(H,31,36)(H,32,33,34)/t18-/m0/s1. The summed E-state index contributed by atoms with van der Waals surface area (Å²) >= 11 is 0. The van der Waals surface area contributed by atoms with E-state index in [0.717, 1.165) is 58.9 Å². The number of H-pyrrole nitrogens is 1. The number of benzene rings is 2. The normalized spacial score (nSPS) is 17.2. The van der Waals surface area contributed by atoms with Crippen molar-refractivity contribution in [1.82, 2.24) is 20.3 Å². The first-order chi connectivity index (χ1) is 17.4. The molecule has 2 aromatic carbocycles. The third kappa shape index (κ3) is 3.98. The third-order valence-electron chi connectivity index (χ3n) is 7.19. The van der Waals surface area contributed by atoms with Gasteiger partial charge in [0, 0.05) is 30.4 Å². The lowest BCUT2D eigenvalue weighted by atomic mass is 9.86. The van der Waals surface area contributed by atoms with E-state index < -0.39 is 11.7 Å². The molecule has 6 nitrogen and oxygen atoms in total. The van der Waals surface area contributed by atoms with Gasteiger partial charge in [-0.2, -0.15) is 13.2 Å². The topological polar surface area (TPSA) is 73.9 Å². The lowest BCUT2D eigenvalue weighted by molar-refractivity contribution is -0.137. The van der Waals surface area contributed by atoms with Crippen LogP contribution in [0.4, 0.5) is 24.7 Å². The molecule has 2 aliphatic rings. The van der Waals surface area contributed by atoms with Gasteiger partial charge in [0.15, 0.2) is 0 Å². The second kappa shape index (κ2) is 8.65. The number of anilines is 2. The van der Waals surface area contributed by atoms with Crippen LogP contribution in [0.25, 0.3) is 11.0 Å². The van der Waals surface area contributed by atoms with Crippen molar-refractivity contribution in [3.63, 3.8) is 0 Å². The number of fused-ring (bicyclic) bond motifs is 4. The number of nitrogens with zero attached hydrogens (tertiary/aromatic N) is 3. The number of amides is 1. The minimum Gasteiger partial charge on any atom is -0.352 e. The molecule has 3 heterocycles. The summed E-state index contributed by atoms with van der Waals surface area (Å²) in [6.07, 6.45) is -0.0219. The number of alkyl halides is 3. The zero-order valence-electron chi connectivity index (χ0n) is 19.4. The minimum absolute atomic E-state index is 0.0545. The van der Waals surface area contributed by atoms with Gasteiger partial charge in [0.1, 0.15) is 17.8 Å². The van der Waals surface area contributed by atoms with Crippen LogP contribution in [0.1, 0.15) is 34.4 Å². The number of carbonyl (C=O) groups is 1. The van der Waals surface area contributed by atoms with E-state index in [-0.39, 0.29) is 18.4 Å². The maximum absolute atomic E-state index is 13.0. The molecule has 0 saturated carbocycles. The first-order valence-electron chi connectivity index (χ1n) is 12.0. The van der Waals surface area contributed by atoms with Crippen molar-refractivity contribution in [2.75, 3.05) is 11.4 Å². The molecular weight excluding hydrogens is 467 g/mol. The molecule has 1 amide bonds. The Hall–Kier alpha value is -3.88. The highest BCUT2D eigenvalue weighted by atomic mass is 19.4. The number of halogens is 3. The Morgan fingerprint density at radius 1 is 1.11 bits per heavy atom. The lowest BCUT2D eigenvalue weighted by Crippen LogP contribution is -2.33. The summed E-state index contributed by atoms with van der Waals surface area (Å²) in [7, 11) is 0. The number of aromatic nitrogens is 3. The summed E-state index contributed by atoms with van der Waals surface area (Å²) in [5, 5.41) is 3.79. The van der Waals surface area contributed by atoms with Crippen molar-refractivity contribution in [3.8, 4) is 0 Å². The number of hydrogen-bond acceptors (Lipinski definition) is 4. The van der Waals surface area contributed by atoms with E-state index in [0.29, 0.717) is 24.8 Å². The number of nitrogens with one attached hydrogen (secondary N) is 2. The number of rotatable bonds is 4. The molecule has 184 valence electrons. The van der Waals surface area contributed by atoms with Crippen LogP contribution in [-0.4, -0.2) is 27.4 Å². The van der Waals surface area contributed by atoms with Gasteiger partial charge in [-0.25, -0.2) is 9.97 Å². The van der Waals surface area contributed by atoms with Crippen LogP contribution in [0.3, 0.4) is 0 Å². The van der Waals surface area contributed by atoms with E-state index in [9.17, 15) is 18.0 Å². The highest BCUT2D eigenvalue weighted by Crippen LogP contribution is 2.40. The Labute approximate surface area is 205 Å². The van der Waals surface area contributed by atoms with Crippen molar-refractivity contribution < 1.29 is 18.0 Å². The summed E-state index contributed by atoms with van der Waals surface area (Å²) in [6.45, 7) is 0.880. The fraction of sp³-hybridized carbons (Fsp3) is 0.296. The van der Waals surface area contributed by atoms with Gasteiger partial charge < -0.3 is 15.2 Å². The Morgan fingerprint density at radius 3 is 2.83 bits per heavy atom. The van der Waals surface area contributed by atoms with Gasteiger partial charge in [0.25, 0.3) is 0 Å². The second-order valence-corrected chi connectivity index (χ2v) is 9.39. The predicted molar refractivity (Wildman–Crippen MR) is 130 cm³/mol. The van der Waals surface area contributed by atoms with E-state index in [2.05, 4.69) is 37.3 Å². The number of hydrogen-bond donors (Lipinski definition) is 2. The van der Waals surface area contributed by atoms with Crippen LogP contribution in [0.15, 0.2) is 54.9 Å². The van der Waals surface area contributed by atoms with Gasteiger partial charge in [0.05, 0.1) is 10.9 Å². The van der Waals surface area contributed by atoms with Gasteiger partial charge >= 0.3 is 6.18 Å². The van der Waals surface area contributed by atoms with Crippen LogP contribution in [0.2, 0.25) is 0 Å². The Morgan fingerprint density at radius 2 is 1.97 bits per heavy atom. The molecule has 6 rings (SSSR count). The molecule has 0 radical (unpaired) electrons. The molecular formula is C27H24F3N5O. The van der Waals surface area contributed by atoms with E-state index in [4.69, 9.17) is 0 Å². The quantitative estimate of drug-likeness (QED) is 0.417. The number of aromatic amines is 1. The van der Waals surface area contributed by atoms with Crippen LogP contribution >= 0.6 is 0 Å². The maximum atomic E-state index is 13.0. The first-order valence-corrected chi connectivity index (χ1v) is 12.0. The fourth-order valence-electron chi connectivity index (χ4n) is 5.40. The van der Waals surface area contributed by atoms with E-state index in [1.54, 1.807) is 12.4 Å². The van der Waals surface area contributed by atoms with Crippen LogP contribution < -0.4 is 10.2 Å². The lowest BCUT2D eigenvalue weighted by Gasteiger charge is -2.23. The van der Waals surface area contributed by atoms with E-state index in [1.165, 1.54) is 11.6 Å². The highest BCUT2D eigenvalue weighted by Gasteiger charge is 2.32. The average Bonchev–Trinajstić information content (AvgIpc) is 3.48. The van der Waals surface area contributed by atoms with Crippen molar-refractivity contribution in [2.24, 2.45) is 5.92 Å². The molecule has 0 spiro atoms. The smallest absolute Gasteiger partial charge is 0.352 e. The van der Waals surface area contributed by atoms with Crippen molar-refractivity contribution in [3.05, 3.63) is 82.8 Å². The molecule has 9 heteroatoms. The molecule has 4 aromatic rings. The summed E-state index contributed by atoms with van der Waals surface area (Å²) in [4.78, 5) is 27.8. The van der Waals surface area contributed by atoms with Gasteiger partial charge in [-0.1, -0.05) is 30.3 Å². The molecule has 0 unspecified atom stereocenters. The largest absolute Gasteiger partial charge is 0.416 e. The summed E-state index contributed by atoms with van der Waals surface area (Å²) in [6, 6.07) is 13.3. The number of para-hydroxylation sites is 1. The highest BCUT2D eigenvalue weighted by molar-refractivity contribution is 5.95. The molecule has 1 aliphatic carbocycles. The van der Waals surface area contributed by atoms with Gasteiger partial charge in [-0.15, -0.1) is 0 Å². The molecule has 0 saturated heterocycles. The van der Waals surface area contributed by atoms with Gasteiger partial charge in [-0.3, -0.25) is 4.79 Å². The van der Waals surface area contributed by atoms with Gasteiger partial charge in [-0.05, 0) is 60.6 Å². The fourth-order valence-corrected chi connectivity index (χ4v) is 5.40. The van der Waals surface area contributed by atoms with Crippen molar-refractivity contribution >= 4 is 28.4 Å². The Kier molecular flexibility index (Phi) is 5.43. The summed E-state index contributed by atoms with van der Waals surface area (Å²) in [5.41, 5.74) is 5.01. The first kappa shape index (κ1) is 22.6. The molecule has 0 bridgehead atoms. The third-order valence-corrected chi connectivity index (χ3v) is 7.19. The van der Waals surface area contributed by atoms with Gasteiger partial charge in [0.2, 0.25) is 5.91 Å². The van der Waals surface area contributed by atoms with Crippen LogP contribution in [0.5, 0.6) is 0 Å². The average molecular weight is 492 g/mol. The summed E-state index contributed by atoms with van der Waals surface area (Å²) in [5.74, 6) is 0.408. The Bertz CT molecular complexity index is 1460. The van der Waals surface area contributed by atoms with E-state index in [1.807, 2.05) is 12.1 Å². The van der Waals surface area contributed by atoms with Crippen molar-refractivity contribution in [2.45, 2.75) is 38.4 Å². The number of aryl methyl sites for hydroxylation is 1. The van der Waals surface area contributed by atoms with Crippen molar-refractivity contribution in [1.29, 1.82) is 0 Å². The van der Waals surface area contributed by atoms with Crippen LogP contribution in [0, 0.1) is 5.92 Å². The summed E-state index contributed by atoms with van der Waals surface area (Å²) < 4.78 is 39.1. The molecule has 1 atom stereocenters. The minimum atomic E-state index is -4.41. The SMILES string of the molecule is O=C(NCc1cccc(C(F)(F)F)c1)[C@H]1CCc2[nH]c3ncnc(N4CCc5ccccc54)c3c2C1. The van der Waals surface area contributed by atoms with E-state index >= 15 is 0 Å². The zero-order chi connectivity index (χ0) is 24.9. The molecule has 2 aromatic heterocycles. The zero-order valence-corrected chi connectivity index (χ0v) is 19.4. The number of carbonyl (C=O) groups excluding carboxylic acids is 1. The molecule has 2 N–H and O–H groups in total. The predicted octanol–water partition coefficient (Wildman–Crippen LogP) is 5.09.